The van der Waals surface area contributed by atoms with Crippen LogP contribution >= 0.6 is 11.6 Å². The maximum absolute atomic E-state index is 12.5. The van der Waals surface area contributed by atoms with Gasteiger partial charge in [-0.05, 0) is 42.3 Å². The first kappa shape index (κ1) is 17.8. The zero-order chi connectivity index (χ0) is 18.6. The molecule has 6 nitrogen and oxygen atoms in total. The second kappa shape index (κ2) is 7.98. The van der Waals surface area contributed by atoms with E-state index in [1.165, 1.54) is 0 Å². The molecule has 0 atom stereocenters. The highest BCUT2D eigenvalue weighted by molar-refractivity contribution is 6.31. The van der Waals surface area contributed by atoms with Crippen LogP contribution in [0.5, 0.6) is 0 Å². The Morgan fingerprint density at radius 1 is 1.26 bits per heavy atom. The minimum absolute atomic E-state index is 0.0928. The molecule has 2 N–H and O–H groups in total. The van der Waals surface area contributed by atoms with Crippen molar-refractivity contribution in [2.75, 3.05) is 37.7 Å². The fourth-order valence-corrected chi connectivity index (χ4v) is 3.47. The molecule has 1 fully saturated rings. The molecule has 4 rings (SSSR count). The zero-order valence-electron chi connectivity index (χ0n) is 14.9. The van der Waals surface area contributed by atoms with Gasteiger partial charge < -0.3 is 19.9 Å². The fourth-order valence-electron chi connectivity index (χ4n) is 3.30. The van der Waals surface area contributed by atoms with Crippen LogP contribution in [0.1, 0.15) is 15.9 Å². The van der Waals surface area contributed by atoms with Gasteiger partial charge in [-0.2, -0.15) is 0 Å². The SMILES string of the molecule is O=C(NCCc1c[nH]c2ccc(Cl)cc12)c1ccnc(N2CCOCC2)c1. The van der Waals surface area contributed by atoms with Gasteiger partial charge in [0.05, 0.1) is 13.2 Å². The highest BCUT2D eigenvalue weighted by Gasteiger charge is 2.14. The molecule has 0 unspecified atom stereocenters. The maximum atomic E-state index is 12.5. The number of nitrogens with zero attached hydrogens (tertiary/aromatic N) is 2. The lowest BCUT2D eigenvalue weighted by atomic mass is 10.1. The van der Waals surface area contributed by atoms with E-state index in [-0.39, 0.29) is 5.91 Å². The summed E-state index contributed by atoms with van der Waals surface area (Å²) >= 11 is 6.09. The van der Waals surface area contributed by atoms with Gasteiger partial charge in [-0.1, -0.05) is 11.6 Å². The Bertz CT molecular complexity index is 950. The number of rotatable bonds is 5. The van der Waals surface area contributed by atoms with Gasteiger partial charge in [0.2, 0.25) is 0 Å². The van der Waals surface area contributed by atoms with Crippen LogP contribution in [0.3, 0.4) is 0 Å². The predicted molar refractivity (Wildman–Crippen MR) is 107 cm³/mol. The lowest BCUT2D eigenvalue weighted by molar-refractivity contribution is 0.0954. The van der Waals surface area contributed by atoms with Crippen LogP contribution in [0.4, 0.5) is 5.82 Å². The topological polar surface area (TPSA) is 70.2 Å². The number of aromatic nitrogens is 2. The van der Waals surface area contributed by atoms with Crippen molar-refractivity contribution in [3.8, 4) is 0 Å². The van der Waals surface area contributed by atoms with Crippen LogP contribution in [0.25, 0.3) is 10.9 Å². The van der Waals surface area contributed by atoms with Gasteiger partial charge in [-0.15, -0.1) is 0 Å². The van der Waals surface area contributed by atoms with E-state index in [0.717, 1.165) is 41.8 Å². The first-order valence-corrected chi connectivity index (χ1v) is 9.41. The molecule has 1 aliphatic rings. The van der Waals surface area contributed by atoms with Crippen molar-refractivity contribution in [2.45, 2.75) is 6.42 Å². The third-order valence-corrected chi connectivity index (χ3v) is 4.99. The molecular formula is C20H21ClN4O2. The summed E-state index contributed by atoms with van der Waals surface area (Å²) in [5.41, 5.74) is 2.80. The summed E-state index contributed by atoms with van der Waals surface area (Å²) in [7, 11) is 0. The summed E-state index contributed by atoms with van der Waals surface area (Å²) in [5, 5.41) is 4.79. The fraction of sp³-hybridized carbons (Fsp3) is 0.300. The number of nitrogens with one attached hydrogen (secondary N) is 2. The van der Waals surface area contributed by atoms with Crippen LogP contribution in [0, 0.1) is 0 Å². The van der Waals surface area contributed by atoms with Crippen molar-refractivity contribution in [1.82, 2.24) is 15.3 Å². The van der Waals surface area contributed by atoms with Crippen LogP contribution < -0.4 is 10.2 Å². The van der Waals surface area contributed by atoms with Crippen molar-refractivity contribution in [3.05, 3.63) is 58.9 Å². The standard InChI is InChI=1S/C20H21ClN4O2/c21-16-1-2-18-17(12-16)15(13-24-18)4-6-23-20(26)14-3-5-22-19(11-14)25-7-9-27-10-8-25/h1-3,5,11-13,24H,4,6-10H2,(H,23,26). The largest absolute Gasteiger partial charge is 0.378 e. The number of benzene rings is 1. The van der Waals surface area contributed by atoms with E-state index in [4.69, 9.17) is 16.3 Å². The number of H-pyrrole nitrogens is 1. The number of ether oxygens (including phenoxy) is 1. The normalized spacial score (nSPS) is 14.5. The van der Waals surface area contributed by atoms with Crippen LogP contribution in [0.2, 0.25) is 5.02 Å². The number of carbonyl (C=O) groups is 1. The number of morpholine rings is 1. The number of hydrogen-bond donors (Lipinski definition) is 2. The van der Waals surface area contributed by atoms with Gasteiger partial charge in [0, 0.05) is 53.5 Å². The molecule has 2 aromatic heterocycles. The lowest BCUT2D eigenvalue weighted by Crippen LogP contribution is -2.37. The van der Waals surface area contributed by atoms with E-state index in [1.807, 2.05) is 30.5 Å². The molecule has 0 bridgehead atoms. The van der Waals surface area contributed by atoms with Crippen molar-refractivity contribution in [2.24, 2.45) is 0 Å². The molecule has 7 heteroatoms. The maximum Gasteiger partial charge on any atom is 0.251 e. The molecule has 3 aromatic rings. The Labute approximate surface area is 162 Å². The van der Waals surface area contributed by atoms with Crippen molar-refractivity contribution < 1.29 is 9.53 Å². The molecular weight excluding hydrogens is 364 g/mol. The average Bonchev–Trinajstić information content (AvgIpc) is 3.11. The Kier molecular flexibility index (Phi) is 5.27. The summed E-state index contributed by atoms with van der Waals surface area (Å²) < 4.78 is 5.37. The van der Waals surface area contributed by atoms with E-state index in [0.29, 0.717) is 30.3 Å². The van der Waals surface area contributed by atoms with Crippen molar-refractivity contribution in [1.29, 1.82) is 0 Å². The summed E-state index contributed by atoms with van der Waals surface area (Å²) in [6.07, 6.45) is 4.38. The quantitative estimate of drug-likeness (QED) is 0.709. The highest BCUT2D eigenvalue weighted by atomic mass is 35.5. The number of fused-ring (bicyclic) bond motifs is 1. The average molecular weight is 385 g/mol. The van der Waals surface area contributed by atoms with Crippen molar-refractivity contribution in [3.63, 3.8) is 0 Å². The third-order valence-electron chi connectivity index (χ3n) is 4.75. The van der Waals surface area contributed by atoms with E-state index >= 15 is 0 Å². The molecule has 140 valence electrons. The predicted octanol–water partition coefficient (Wildman–Crippen LogP) is 3.03. The molecule has 1 aromatic carbocycles. The van der Waals surface area contributed by atoms with Crippen LogP contribution in [0.15, 0.2) is 42.7 Å². The smallest absolute Gasteiger partial charge is 0.251 e. The number of pyridine rings is 1. The second-order valence-electron chi connectivity index (χ2n) is 6.51. The minimum Gasteiger partial charge on any atom is -0.378 e. The first-order valence-electron chi connectivity index (χ1n) is 9.03. The number of amides is 1. The third kappa shape index (κ3) is 4.07. The number of hydrogen-bond acceptors (Lipinski definition) is 4. The number of aromatic amines is 1. The zero-order valence-corrected chi connectivity index (χ0v) is 15.6. The van der Waals surface area contributed by atoms with Gasteiger partial charge in [0.25, 0.3) is 5.91 Å². The molecule has 3 heterocycles. The molecule has 1 aliphatic heterocycles. The molecule has 1 saturated heterocycles. The molecule has 0 aliphatic carbocycles. The monoisotopic (exact) mass is 384 g/mol. The minimum atomic E-state index is -0.0928. The van der Waals surface area contributed by atoms with E-state index in [2.05, 4.69) is 20.2 Å². The first-order chi connectivity index (χ1) is 13.2. The Morgan fingerprint density at radius 2 is 2.11 bits per heavy atom. The van der Waals surface area contributed by atoms with Gasteiger partial charge in [0.15, 0.2) is 0 Å². The van der Waals surface area contributed by atoms with Crippen molar-refractivity contribution >= 4 is 34.2 Å². The Hall–Kier alpha value is -2.57. The van der Waals surface area contributed by atoms with E-state index < -0.39 is 0 Å². The summed E-state index contributed by atoms with van der Waals surface area (Å²) in [4.78, 5) is 22.3. The molecule has 1 amide bonds. The second-order valence-corrected chi connectivity index (χ2v) is 6.95. The number of carbonyl (C=O) groups excluding carboxylic acids is 1. The highest BCUT2D eigenvalue weighted by Crippen LogP contribution is 2.22. The van der Waals surface area contributed by atoms with Gasteiger partial charge in [-0.3, -0.25) is 4.79 Å². The van der Waals surface area contributed by atoms with Gasteiger partial charge in [-0.25, -0.2) is 4.98 Å². The van der Waals surface area contributed by atoms with Gasteiger partial charge >= 0.3 is 0 Å². The van der Waals surface area contributed by atoms with Gasteiger partial charge in [0.1, 0.15) is 5.82 Å². The molecule has 0 saturated carbocycles. The van der Waals surface area contributed by atoms with Crippen LogP contribution in [-0.2, 0) is 11.2 Å². The van der Waals surface area contributed by atoms with Crippen LogP contribution in [-0.4, -0.2) is 48.7 Å². The molecule has 27 heavy (non-hydrogen) atoms. The molecule has 0 radical (unpaired) electrons. The Balaban J connectivity index is 1.38. The number of halogens is 1. The molecule has 0 spiro atoms. The van der Waals surface area contributed by atoms with E-state index in [9.17, 15) is 4.79 Å². The lowest BCUT2D eigenvalue weighted by Gasteiger charge is -2.27. The Morgan fingerprint density at radius 3 is 2.96 bits per heavy atom. The summed E-state index contributed by atoms with van der Waals surface area (Å²) in [6, 6.07) is 9.35. The number of anilines is 1. The van der Waals surface area contributed by atoms with E-state index in [1.54, 1.807) is 12.3 Å². The summed E-state index contributed by atoms with van der Waals surface area (Å²) in [6.45, 7) is 3.51. The summed E-state index contributed by atoms with van der Waals surface area (Å²) in [5.74, 6) is 0.724.